The summed E-state index contributed by atoms with van der Waals surface area (Å²) in [6, 6.07) is 0. The molecule has 0 fully saturated rings. The quantitative estimate of drug-likeness (QED) is 0.755. The van der Waals surface area contributed by atoms with Gasteiger partial charge in [-0.3, -0.25) is 4.79 Å². The molecular weight excluding hydrogens is 219 g/mol. The molecule has 62 valence electrons. The van der Waals surface area contributed by atoms with Crippen LogP contribution in [0, 0.1) is 0 Å². The topological polar surface area (TPSA) is 37.3 Å². The first kappa shape index (κ1) is 12.9. The van der Waals surface area contributed by atoms with Crippen molar-refractivity contribution in [3.05, 3.63) is 0 Å². The molecule has 1 unspecified atom stereocenters. The molecule has 0 aromatic rings. The summed E-state index contributed by atoms with van der Waals surface area (Å²) in [6.07, 6.45) is 2.75. The van der Waals surface area contributed by atoms with Crippen molar-refractivity contribution >= 4 is 34.3 Å². The van der Waals surface area contributed by atoms with Crippen molar-refractivity contribution in [3.63, 3.8) is 0 Å². The zero-order valence-electron chi connectivity index (χ0n) is 5.84. The third-order valence-corrected chi connectivity index (χ3v) is 1.93. The second-order valence-electron chi connectivity index (χ2n) is 1.95. The third-order valence-electron chi connectivity index (χ3n) is 1.08. The van der Waals surface area contributed by atoms with E-state index in [-0.39, 0.29) is 17.2 Å². The summed E-state index contributed by atoms with van der Waals surface area (Å²) in [4.78, 5) is 9.81. The molecule has 0 saturated heterocycles. The number of carboxylic acids is 1. The highest BCUT2D eigenvalue weighted by atomic mass is 79.9. The minimum atomic E-state index is -0.761. The Hall–Kier alpha value is 0.240. The van der Waals surface area contributed by atoms with Crippen molar-refractivity contribution in [3.8, 4) is 0 Å². The van der Waals surface area contributed by atoms with Crippen molar-refractivity contribution in [1.29, 1.82) is 0 Å². The smallest absolute Gasteiger partial charge is 0.317 e. The van der Waals surface area contributed by atoms with E-state index in [1.165, 1.54) is 0 Å². The number of carboxylic acid groups (broad SMARTS) is 1. The van der Waals surface area contributed by atoms with Gasteiger partial charge in [0.15, 0.2) is 0 Å². The molecule has 1 atom stereocenters. The predicted octanol–water partition coefficient (Wildman–Crippen LogP) is 2.45. The van der Waals surface area contributed by atoms with Crippen LogP contribution < -0.4 is 0 Å². The van der Waals surface area contributed by atoms with Crippen molar-refractivity contribution in [2.45, 2.75) is 31.0 Å². The summed E-state index contributed by atoms with van der Waals surface area (Å²) >= 11 is 3.04. The van der Waals surface area contributed by atoms with Crippen LogP contribution in [-0.4, -0.2) is 15.9 Å². The minimum absolute atomic E-state index is 0. The first-order chi connectivity index (χ1) is 4.18. The van der Waals surface area contributed by atoms with Gasteiger partial charge in [0, 0.05) is 0 Å². The Labute approximate surface area is 75.5 Å². The lowest BCUT2D eigenvalue weighted by molar-refractivity contribution is -0.136. The fourth-order valence-corrected chi connectivity index (χ4v) is 0.831. The van der Waals surface area contributed by atoms with Gasteiger partial charge in [0.1, 0.15) is 4.83 Å². The van der Waals surface area contributed by atoms with Gasteiger partial charge in [-0.2, -0.15) is 0 Å². The molecule has 2 nitrogen and oxygen atoms in total. The molecule has 0 aromatic heterocycles. The van der Waals surface area contributed by atoms with E-state index in [2.05, 4.69) is 15.9 Å². The van der Waals surface area contributed by atoms with Crippen LogP contribution in [0.1, 0.15) is 26.2 Å². The van der Waals surface area contributed by atoms with Gasteiger partial charge in [0.05, 0.1) is 0 Å². The molecule has 0 heterocycles. The van der Waals surface area contributed by atoms with E-state index < -0.39 is 5.97 Å². The summed E-state index contributed by atoms with van der Waals surface area (Å²) in [6.45, 7) is 2.04. The van der Waals surface area contributed by atoms with E-state index in [9.17, 15) is 4.79 Å². The molecule has 0 aromatic carbocycles. The van der Waals surface area contributed by atoms with E-state index in [4.69, 9.17) is 5.11 Å². The van der Waals surface area contributed by atoms with Gasteiger partial charge in [0.25, 0.3) is 0 Å². The fraction of sp³-hybridized carbons (Fsp3) is 0.833. The third kappa shape index (κ3) is 6.36. The zero-order valence-corrected chi connectivity index (χ0v) is 8.24. The molecular formula is C6H12BrClO2. The number of halogens is 2. The second-order valence-corrected chi connectivity index (χ2v) is 3.05. The van der Waals surface area contributed by atoms with Crippen molar-refractivity contribution in [1.82, 2.24) is 0 Å². The van der Waals surface area contributed by atoms with Gasteiger partial charge in [-0.25, -0.2) is 0 Å². The SMILES string of the molecule is CCCCC(Br)C(=O)O.Cl. The molecule has 0 rings (SSSR count). The van der Waals surface area contributed by atoms with Crippen LogP contribution in [-0.2, 0) is 4.79 Å². The average Bonchev–Trinajstić information content (AvgIpc) is 1.82. The lowest BCUT2D eigenvalue weighted by Crippen LogP contribution is -2.11. The van der Waals surface area contributed by atoms with Crippen LogP contribution in [0.15, 0.2) is 0 Å². The number of unbranched alkanes of at least 4 members (excludes halogenated alkanes) is 1. The van der Waals surface area contributed by atoms with Crippen molar-refractivity contribution in [2.75, 3.05) is 0 Å². The van der Waals surface area contributed by atoms with Gasteiger partial charge < -0.3 is 5.11 Å². The Balaban J connectivity index is 0. The van der Waals surface area contributed by atoms with E-state index in [0.29, 0.717) is 0 Å². The highest BCUT2D eigenvalue weighted by Gasteiger charge is 2.10. The second kappa shape index (κ2) is 7.35. The molecule has 1 N–H and O–H groups in total. The maximum Gasteiger partial charge on any atom is 0.317 e. The zero-order chi connectivity index (χ0) is 7.28. The van der Waals surface area contributed by atoms with Gasteiger partial charge in [0.2, 0.25) is 0 Å². The molecule has 4 heteroatoms. The molecule has 0 amide bonds. The number of alkyl halides is 1. The standard InChI is InChI=1S/C6H11BrO2.ClH/c1-2-3-4-5(7)6(8)9;/h5H,2-4H2,1H3,(H,8,9);1H. The molecule has 0 bridgehead atoms. The van der Waals surface area contributed by atoms with E-state index in [0.717, 1.165) is 19.3 Å². The number of carbonyl (C=O) groups is 1. The van der Waals surface area contributed by atoms with Crippen molar-refractivity contribution < 1.29 is 9.90 Å². The molecule has 10 heavy (non-hydrogen) atoms. The monoisotopic (exact) mass is 230 g/mol. The number of hydrogen-bond donors (Lipinski definition) is 1. The maximum atomic E-state index is 10.2. The molecule has 0 aliphatic carbocycles. The van der Waals surface area contributed by atoms with Gasteiger partial charge in [-0.05, 0) is 6.42 Å². The summed E-state index contributed by atoms with van der Waals surface area (Å²) in [5.74, 6) is -0.761. The highest BCUT2D eigenvalue weighted by molar-refractivity contribution is 9.10. The number of hydrogen-bond acceptors (Lipinski definition) is 1. The normalized spacial score (nSPS) is 11.8. The first-order valence-corrected chi connectivity index (χ1v) is 3.97. The Morgan fingerprint density at radius 2 is 2.20 bits per heavy atom. The molecule has 0 radical (unpaired) electrons. The van der Waals surface area contributed by atoms with Crippen LogP contribution in [0.25, 0.3) is 0 Å². The molecule has 0 aliphatic heterocycles. The van der Waals surface area contributed by atoms with Crippen LogP contribution in [0.5, 0.6) is 0 Å². The summed E-state index contributed by atoms with van der Waals surface area (Å²) in [7, 11) is 0. The van der Waals surface area contributed by atoms with Crippen LogP contribution in [0.3, 0.4) is 0 Å². The Morgan fingerprint density at radius 3 is 2.50 bits per heavy atom. The number of rotatable bonds is 4. The maximum absolute atomic E-state index is 10.2. The predicted molar refractivity (Wildman–Crippen MR) is 47.1 cm³/mol. The first-order valence-electron chi connectivity index (χ1n) is 3.05. The van der Waals surface area contributed by atoms with E-state index >= 15 is 0 Å². The largest absolute Gasteiger partial charge is 0.480 e. The molecule has 0 saturated carbocycles. The Morgan fingerprint density at radius 1 is 1.70 bits per heavy atom. The van der Waals surface area contributed by atoms with Gasteiger partial charge >= 0.3 is 5.97 Å². The average molecular weight is 232 g/mol. The van der Waals surface area contributed by atoms with Crippen LogP contribution in [0.4, 0.5) is 0 Å². The molecule has 0 aliphatic rings. The molecule has 0 spiro atoms. The highest BCUT2D eigenvalue weighted by Crippen LogP contribution is 2.08. The van der Waals surface area contributed by atoms with Gasteiger partial charge in [-0.15, -0.1) is 12.4 Å². The minimum Gasteiger partial charge on any atom is -0.480 e. The van der Waals surface area contributed by atoms with E-state index in [1.807, 2.05) is 6.92 Å². The summed E-state index contributed by atoms with van der Waals surface area (Å²) in [5.41, 5.74) is 0. The number of aliphatic carboxylic acids is 1. The van der Waals surface area contributed by atoms with Crippen molar-refractivity contribution in [2.24, 2.45) is 0 Å². The lowest BCUT2D eigenvalue weighted by atomic mass is 10.2. The summed E-state index contributed by atoms with van der Waals surface area (Å²) < 4.78 is 0. The van der Waals surface area contributed by atoms with E-state index in [1.54, 1.807) is 0 Å². The van der Waals surface area contributed by atoms with Crippen LogP contribution in [0.2, 0.25) is 0 Å². The lowest BCUT2D eigenvalue weighted by Gasteiger charge is -2.00. The Bertz CT molecular complexity index is 97.7. The summed E-state index contributed by atoms with van der Waals surface area (Å²) in [5, 5.41) is 8.36. The van der Waals surface area contributed by atoms with Crippen LogP contribution >= 0.6 is 28.3 Å². The fourth-order valence-electron chi connectivity index (χ4n) is 0.507. The van der Waals surface area contributed by atoms with Gasteiger partial charge in [-0.1, -0.05) is 35.7 Å². The Kier molecular flexibility index (Phi) is 9.46.